The van der Waals surface area contributed by atoms with Crippen molar-refractivity contribution < 1.29 is 19.4 Å². The lowest BCUT2D eigenvalue weighted by molar-refractivity contribution is -0.139. The fraction of sp³-hybridized carbons (Fsp3) is 0.429. The van der Waals surface area contributed by atoms with E-state index in [0.717, 1.165) is 0 Å². The molecule has 2 N–H and O–H groups in total. The third-order valence-corrected chi connectivity index (χ3v) is 1.54. The number of carbonyl (C=O) groups excluding carboxylic acids is 1. The van der Waals surface area contributed by atoms with Gasteiger partial charge in [0.15, 0.2) is 11.8 Å². The number of carboxylic acids is 1. The van der Waals surface area contributed by atoms with Crippen LogP contribution in [0.1, 0.15) is 13.8 Å². The van der Waals surface area contributed by atoms with Gasteiger partial charge in [-0.3, -0.25) is 4.79 Å². The molecule has 0 aromatic rings. The zero-order valence-corrected chi connectivity index (χ0v) is 6.75. The van der Waals surface area contributed by atoms with Crippen LogP contribution in [0.2, 0.25) is 0 Å². The van der Waals surface area contributed by atoms with Gasteiger partial charge < -0.3 is 15.2 Å². The number of hydrogen-bond acceptors (Lipinski definition) is 3. The monoisotopic (exact) mass is 171 g/mol. The number of hydrogen-bond donors (Lipinski definition) is 2. The Morgan fingerprint density at radius 3 is 2.75 bits per heavy atom. The van der Waals surface area contributed by atoms with E-state index in [1.54, 1.807) is 6.92 Å². The van der Waals surface area contributed by atoms with Crippen molar-refractivity contribution in [1.29, 1.82) is 0 Å². The lowest BCUT2D eigenvalue weighted by atomic mass is 10.2. The van der Waals surface area contributed by atoms with Crippen molar-refractivity contribution in [3.05, 3.63) is 11.5 Å². The molecule has 1 atom stereocenters. The smallest absolute Gasteiger partial charge is 0.355 e. The van der Waals surface area contributed by atoms with E-state index in [-0.39, 0.29) is 11.5 Å². The summed E-state index contributed by atoms with van der Waals surface area (Å²) in [5.74, 6) is -1.39. The summed E-state index contributed by atoms with van der Waals surface area (Å²) in [6.45, 7) is 3.05. The van der Waals surface area contributed by atoms with Crippen LogP contribution < -0.4 is 5.32 Å². The number of amides is 1. The number of carbonyl (C=O) groups is 2. The average molecular weight is 171 g/mol. The second-order valence-corrected chi connectivity index (χ2v) is 2.49. The zero-order valence-electron chi connectivity index (χ0n) is 6.75. The zero-order chi connectivity index (χ0) is 9.30. The summed E-state index contributed by atoms with van der Waals surface area (Å²) in [6.07, 6.45) is -0.618. The molecule has 1 rings (SSSR count). The van der Waals surface area contributed by atoms with E-state index in [0.29, 0.717) is 0 Å². The molecular weight excluding hydrogens is 162 g/mol. The SMILES string of the molecule is CC1=C(C(=O)O)NC(=O)C(C)O1. The highest BCUT2D eigenvalue weighted by molar-refractivity contribution is 5.95. The van der Waals surface area contributed by atoms with E-state index >= 15 is 0 Å². The Morgan fingerprint density at radius 1 is 1.67 bits per heavy atom. The van der Waals surface area contributed by atoms with Crippen molar-refractivity contribution in [2.75, 3.05) is 0 Å². The van der Waals surface area contributed by atoms with Crippen molar-refractivity contribution in [2.45, 2.75) is 20.0 Å². The molecule has 0 saturated heterocycles. The van der Waals surface area contributed by atoms with Crippen LogP contribution in [-0.2, 0) is 14.3 Å². The highest BCUT2D eigenvalue weighted by Crippen LogP contribution is 2.12. The largest absolute Gasteiger partial charge is 0.483 e. The molecule has 0 aliphatic carbocycles. The van der Waals surface area contributed by atoms with Gasteiger partial charge in [0.05, 0.1) is 0 Å². The first-order chi connectivity index (χ1) is 5.52. The van der Waals surface area contributed by atoms with Gasteiger partial charge in [-0.25, -0.2) is 4.79 Å². The third kappa shape index (κ3) is 1.39. The average Bonchev–Trinajstić information content (AvgIpc) is 1.96. The van der Waals surface area contributed by atoms with Gasteiger partial charge in [0, 0.05) is 0 Å². The summed E-state index contributed by atoms with van der Waals surface area (Å²) in [7, 11) is 0. The summed E-state index contributed by atoms with van der Waals surface area (Å²) in [5.41, 5.74) is -0.182. The topological polar surface area (TPSA) is 75.6 Å². The van der Waals surface area contributed by atoms with Gasteiger partial charge in [-0.2, -0.15) is 0 Å². The Morgan fingerprint density at radius 2 is 2.25 bits per heavy atom. The van der Waals surface area contributed by atoms with E-state index in [1.807, 2.05) is 0 Å². The highest BCUT2D eigenvalue weighted by Gasteiger charge is 2.26. The van der Waals surface area contributed by atoms with Crippen molar-refractivity contribution in [3.8, 4) is 0 Å². The molecule has 12 heavy (non-hydrogen) atoms. The van der Waals surface area contributed by atoms with Crippen LogP contribution >= 0.6 is 0 Å². The molecule has 0 fully saturated rings. The number of ether oxygens (including phenoxy) is 1. The normalized spacial score (nSPS) is 23.2. The van der Waals surface area contributed by atoms with Gasteiger partial charge in [-0.15, -0.1) is 0 Å². The van der Waals surface area contributed by atoms with Gasteiger partial charge in [0.25, 0.3) is 5.91 Å². The number of rotatable bonds is 1. The minimum Gasteiger partial charge on any atom is -0.483 e. The molecule has 5 heteroatoms. The van der Waals surface area contributed by atoms with Gasteiger partial charge in [0.2, 0.25) is 0 Å². The number of nitrogens with one attached hydrogen (secondary N) is 1. The molecule has 0 spiro atoms. The molecule has 1 amide bonds. The predicted molar refractivity (Wildman–Crippen MR) is 39.0 cm³/mol. The minimum atomic E-state index is -1.19. The predicted octanol–water partition coefficient (Wildman–Crippen LogP) is -0.163. The maximum atomic E-state index is 10.9. The first-order valence-corrected chi connectivity index (χ1v) is 3.44. The maximum absolute atomic E-state index is 10.9. The Bertz CT molecular complexity index is 269. The molecule has 1 aliphatic heterocycles. The lowest BCUT2D eigenvalue weighted by Gasteiger charge is -2.22. The maximum Gasteiger partial charge on any atom is 0.355 e. The molecule has 1 heterocycles. The highest BCUT2D eigenvalue weighted by atomic mass is 16.5. The molecule has 66 valence electrons. The molecular formula is C7H9NO4. The van der Waals surface area contributed by atoms with Crippen LogP contribution in [0.3, 0.4) is 0 Å². The van der Waals surface area contributed by atoms with Crippen molar-refractivity contribution >= 4 is 11.9 Å². The first kappa shape index (κ1) is 8.58. The summed E-state index contributed by atoms with van der Waals surface area (Å²) < 4.78 is 4.96. The fourth-order valence-electron chi connectivity index (χ4n) is 0.895. The van der Waals surface area contributed by atoms with Gasteiger partial charge in [-0.05, 0) is 13.8 Å². The molecule has 1 unspecified atom stereocenters. The molecule has 0 bridgehead atoms. The first-order valence-electron chi connectivity index (χ1n) is 3.44. The lowest BCUT2D eigenvalue weighted by Crippen LogP contribution is -2.41. The van der Waals surface area contributed by atoms with Gasteiger partial charge >= 0.3 is 5.97 Å². The van der Waals surface area contributed by atoms with Gasteiger partial charge in [-0.1, -0.05) is 0 Å². The molecule has 5 nitrogen and oxygen atoms in total. The van der Waals surface area contributed by atoms with E-state index in [2.05, 4.69) is 5.32 Å². The van der Waals surface area contributed by atoms with Gasteiger partial charge in [0.1, 0.15) is 5.76 Å². The van der Waals surface area contributed by atoms with E-state index < -0.39 is 18.0 Å². The van der Waals surface area contributed by atoms with E-state index in [9.17, 15) is 9.59 Å². The molecule has 0 radical (unpaired) electrons. The Balaban J connectivity index is 2.93. The Hall–Kier alpha value is -1.52. The van der Waals surface area contributed by atoms with E-state index in [4.69, 9.17) is 9.84 Å². The summed E-state index contributed by atoms with van der Waals surface area (Å²) in [5, 5.41) is 10.8. The van der Waals surface area contributed by atoms with Crippen LogP contribution in [0.5, 0.6) is 0 Å². The fourth-order valence-corrected chi connectivity index (χ4v) is 0.895. The van der Waals surface area contributed by atoms with Crippen LogP contribution in [0.15, 0.2) is 11.5 Å². The summed E-state index contributed by atoms with van der Waals surface area (Å²) in [6, 6.07) is 0. The van der Waals surface area contributed by atoms with Crippen LogP contribution in [0.25, 0.3) is 0 Å². The third-order valence-electron chi connectivity index (χ3n) is 1.54. The molecule has 0 aromatic carbocycles. The quantitative estimate of drug-likeness (QED) is 0.574. The molecule has 0 aromatic heterocycles. The Kier molecular flexibility index (Phi) is 2.03. The summed E-state index contributed by atoms with van der Waals surface area (Å²) in [4.78, 5) is 21.4. The molecule has 1 aliphatic rings. The standard InChI is InChI=1S/C7H9NO4/c1-3-5(7(10)11)8-6(9)4(2)12-3/h4H,1-2H3,(H,8,9)(H,10,11). The van der Waals surface area contributed by atoms with Crippen LogP contribution in [-0.4, -0.2) is 23.1 Å². The second kappa shape index (κ2) is 2.84. The van der Waals surface area contributed by atoms with Crippen molar-refractivity contribution in [3.63, 3.8) is 0 Å². The van der Waals surface area contributed by atoms with Crippen LogP contribution in [0, 0.1) is 0 Å². The van der Waals surface area contributed by atoms with Crippen molar-refractivity contribution in [1.82, 2.24) is 5.32 Å². The van der Waals surface area contributed by atoms with Crippen LogP contribution in [0.4, 0.5) is 0 Å². The molecule has 0 saturated carbocycles. The summed E-state index contributed by atoms with van der Waals surface area (Å²) >= 11 is 0. The number of carboxylic acid groups (broad SMARTS) is 1. The van der Waals surface area contributed by atoms with Crippen molar-refractivity contribution in [2.24, 2.45) is 0 Å². The number of aliphatic carboxylic acids is 1. The number of allylic oxidation sites excluding steroid dienone is 1. The minimum absolute atomic E-state index is 0.182. The Labute approximate surface area is 69.0 Å². The van der Waals surface area contributed by atoms with E-state index in [1.165, 1.54) is 6.92 Å². The second-order valence-electron chi connectivity index (χ2n) is 2.49.